The lowest BCUT2D eigenvalue weighted by molar-refractivity contribution is -0.689. The molecular weight excluding hydrogens is 880 g/mol. The Morgan fingerprint density at radius 3 is 1.20 bits per heavy atom. The Hall–Kier alpha value is -3.60. The van der Waals surface area contributed by atoms with E-state index in [9.17, 15) is 9.59 Å². The summed E-state index contributed by atoms with van der Waals surface area (Å²) in [6.07, 6.45) is 4.03. The van der Waals surface area contributed by atoms with Crippen molar-refractivity contribution in [2.24, 2.45) is 0 Å². The largest absolute Gasteiger partial charge is 1.00 e. The number of rotatable bonds is 22. The van der Waals surface area contributed by atoms with E-state index in [0.29, 0.717) is 99.3 Å². The lowest BCUT2D eigenvalue weighted by Crippen LogP contribution is -3.00. The van der Waals surface area contributed by atoms with Gasteiger partial charge in [0.05, 0.1) is 65.6 Å². The molecule has 2 aromatic carbocycles. The molecule has 0 N–H and O–H groups in total. The Balaban J connectivity index is 0.00000523. The van der Waals surface area contributed by atoms with Crippen LogP contribution < -0.4 is 71.5 Å². The zero-order valence-corrected chi connectivity index (χ0v) is 37.6. The van der Waals surface area contributed by atoms with Crippen molar-refractivity contribution in [1.82, 2.24) is 0 Å². The number of ether oxygens (including phenoxy) is 8. The van der Waals surface area contributed by atoms with Crippen molar-refractivity contribution in [3.05, 3.63) is 67.6 Å². The van der Waals surface area contributed by atoms with Crippen LogP contribution in [0.5, 0.6) is 34.5 Å². The Morgan fingerprint density at radius 1 is 0.545 bits per heavy atom. The summed E-state index contributed by atoms with van der Waals surface area (Å²) in [7, 11) is 9.59. The molecule has 0 bridgehead atoms. The second-order valence-corrected chi connectivity index (χ2v) is 14.2. The van der Waals surface area contributed by atoms with Crippen molar-refractivity contribution < 1.29 is 90.6 Å². The molecule has 0 aliphatic rings. The molecule has 4 aromatic rings. The highest BCUT2D eigenvalue weighted by molar-refractivity contribution is 7.09. The Bertz CT molecular complexity index is 1650. The smallest absolute Gasteiger partial charge is 0.305 e. The van der Waals surface area contributed by atoms with Crippen LogP contribution in [0.4, 0.5) is 0 Å². The Kier molecular flexibility index (Phi) is 20.9. The predicted molar refractivity (Wildman–Crippen MR) is 201 cm³/mol. The van der Waals surface area contributed by atoms with Crippen LogP contribution in [0.1, 0.15) is 64.4 Å². The normalized spacial score (nSPS) is 10.5. The summed E-state index contributed by atoms with van der Waals surface area (Å²) in [5, 5.41) is 0. The van der Waals surface area contributed by atoms with Gasteiger partial charge in [0, 0.05) is 50.7 Å². The standard InChI is InChI=1S/C39H52N2O10S2.2BrH/c1-26-34(52-24-40(26)22-28-18-30(44-3)38(48-7)31(19-28)45-4)14-16-50-36(42)12-10-9-11-13-37(43)51-17-15-35-27(2)41(25-53-35)23-29-20-32(46-5)39(49-8)33(21-29)47-6;;/h18-21,24-25H,9-17,22-23H2,1-8H3;2*1H/q+2;;/p-2. The molecule has 0 radical (unpaired) electrons. The van der Waals surface area contributed by atoms with Gasteiger partial charge in [0.2, 0.25) is 22.5 Å². The second kappa shape index (κ2) is 24.1. The summed E-state index contributed by atoms with van der Waals surface area (Å²) in [6.45, 7) is 6.06. The molecule has 0 spiro atoms. The fourth-order valence-corrected chi connectivity index (χ4v) is 7.87. The molecule has 0 amide bonds. The lowest BCUT2D eigenvalue weighted by Gasteiger charge is -2.13. The third-order valence-corrected chi connectivity index (χ3v) is 11.2. The van der Waals surface area contributed by atoms with Gasteiger partial charge >= 0.3 is 11.9 Å². The highest BCUT2D eigenvalue weighted by atomic mass is 79.9. The summed E-state index contributed by atoms with van der Waals surface area (Å²) in [4.78, 5) is 27.0. The fourth-order valence-electron chi connectivity index (χ4n) is 5.92. The molecule has 12 nitrogen and oxygen atoms in total. The Morgan fingerprint density at radius 2 is 0.891 bits per heavy atom. The van der Waals surface area contributed by atoms with Gasteiger partial charge in [-0.25, -0.2) is 0 Å². The third-order valence-electron chi connectivity index (χ3n) is 8.91. The maximum absolute atomic E-state index is 12.4. The number of thiazole rings is 2. The van der Waals surface area contributed by atoms with Gasteiger partial charge in [0.25, 0.3) is 0 Å². The first-order valence-electron chi connectivity index (χ1n) is 17.5. The molecule has 304 valence electrons. The number of carbonyl (C=O) groups excluding carboxylic acids is 2. The zero-order chi connectivity index (χ0) is 38.3. The second-order valence-electron chi connectivity index (χ2n) is 12.3. The number of unbranched alkanes of at least 4 members (excludes halogenated alkanes) is 2. The van der Waals surface area contributed by atoms with Crippen LogP contribution in [-0.4, -0.2) is 67.8 Å². The minimum Gasteiger partial charge on any atom is -1.00 e. The summed E-state index contributed by atoms with van der Waals surface area (Å²) >= 11 is 3.28. The van der Waals surface area contributed by atoms with Crippen LogP contribution >= 0.6 is 22.7 Å². The van der Waals surface area contributed by atoms with Gasteiger partial charge in [-0.05, 0) is 37.1 Å². The van der Waals surface area contributed by atoms with Crippen LogP contribution in [0.3, 0.4) is 0 Å². The summed E-state index contributed by atoms with van der Waals surface area (Å²) in [5.74, 6) is 3.14. The van der Waals surface area contributed by atoms with Crippen LogP contribution in [-0.2, 0) is 45.0 Å². The summed E-state index contributed by atoms with van der Waals surface area (Å²) in [6, 6.07) is 7.78. The average molecular weight is 933 g/mol. The number of hydrogen-bond acceptors (Lipinski definition) is 12. The number of esters is 2. The van der Waals surface area contributed by atoms with E-state index in [1.54, 1.807) is 65.3 Å². The number of nitrogens with zero attached hydrogens (tertiary/aromatic N) is 2. The van der Waals surface area contributed by atoms with Crippen molar-refractivity contribution in [1.29, 1.82) is 0 Å². The molecule has 0 unspecified atom stereocenters. The first-order chi connectivity index (χ1) is 25.6. The van der Waals surface area contributed by atoms with Crippen LogP contribution in [0.2, 0.25) is 0 Å². The molecule has 0 aliphatic heterocycles. The SMILES string of the molecule is COc1cc(C[n+]2csc(CCOC(=O)CCCCCC(=O)OCCc3sc[n+](Cc4cc(OC)c(OC)c(OC)c4)c3C)c2C)cc(OC)c1OC.[Br-].[Br-]. The number of carbonyl (C=O) groups is 2. The van der Waals surface area contributed by atoms with Crippen molar-refractivity contribution >= 4 is 34.6 Å². The minimum absolute atomic E-state index is 0. The first kappa shape index (κ1) is 47.6. The van der Waals surface area contributed by atoms with E-state index in [-0.39, 0.29) is 45.9 Å². The lowest BCUT2D eigenvalue weighted by atomic mass is 10.1. The van der Waals surface area contributed by atoms with Gasteiger partial charge in [-0.15, -0.1) is 0 Å². The fraction of sp³-hybridized carbons (Fsp3) is 0.487. The van der Waals surface area contributed by atoms with Gasteiger partial charge in [-0.1, -0.05) is 29.1 Å². The van der Waals surface area contributed by atoms with E-state index in [2.05, 4.69) is 34.0 Å². The van der Waals surface area contributed by atoms with Gasteiger partial charge in [-0.3, -0.25) is 9.59 Å². The number of benzene rings is 2. The molecule has 2 aromatic heterocycles. The summed E-state index contributed by atoms with van der Waals surface area (Å²) in [5.41, 5.74) is 8.41. The number of aromatic nitrogens is 2. The van der Waals surface area contributed by atoms with E-state index in [1.165, 1.54) is 0 Å². The molecule has 0 saturated heterocycles. The molecule has 55 heavy (non-hydrogen) atoms. The molecule has 16 heteroatoms. The van der Waals surface area contributed by atoms with Crippen LogP contribution in [0, 0.1) is 13.8 Å². The van der Waals surface area contributed by atoms with E-state index >= 15 is 0 Å². The van der Waals surface area contributed by atoms with Gasteiger partial charge < -0.3 is 71.9 Å². The van der Waals surface area contributed by atoms with Crippen molar-refractivity contribution in [3.8, 4) is 34.5 Å². The van der Waals surface area contributed by atoms with Gasteiger partial charge in [-0.2, -0.15) is 9.13 Å². The van der Waals surface area contributed by atoms with Crippen molar-refractivity contribution in [2.45, 2.75) is 71.9 Å². The maximum Gasteiger partial charge on any atom is 0.305 e. The van der Waals surface area contributed by atoms with Gasteiger partial charge in [0.15, 0.2) is 47.5 Å². The number of halogens is 2. The van der Waals surface area contributed by atoms with Crippen molar-refractivity contribution in [2.75, 3.05) is 55.9 Å². The third kappa shape index (κ3) is 13.2. The van der Waals surface area contributed by atoms with Crippen molar-refractivity contribution in [3.63, 3.8) is 0 Å². The molecule has 2 heterocycles. The zero-order valence-electron chi connectivity index (χ0n) is 32.8. The van der Waals surface area contributed by atoms with E-state index in [1.807, 2.05) is 24.3 Å². The van der Waals surface area contributed by atoms with E-state index < -0.39 is 0 Å². The molecule has 0 aliphatic carbocycles. The number of methoxy groups -OCH3 is 6. The molecule has 0 saturated carbocycles. The molecule has 0 fully saturated rings. The van der Waals surface area contributed by atoms with Crippen LogP contribution in [0.15, 0.2) is 35.3 Å². The molecule has 4 rings (SSSR count). The topological polar surface area (TPSA) is 116 Å². The molecular formula is C39H52Br2N2O10S2. The average Bonchev–Trinajstić information content (AvgIpc) is 3.69. The van der Waals surface area contributed by atoms with Gasteiger partial charge in [0.1, 0.15) is 0 Å². The monoisotopic (exact) mass is 930 g/mol. The van der Waals surface area contributed by atoms with E-state index in [4.69, 9.17) is 37.9 Å². The summed E-state index contributed by atoms with van der Waals surface area (Å²) < 4.78 is 48.2. The molecule has 0 atom stereocenters. The quantitative estimate of drug-likeness (QED) is 0.0606. The predicted octanol–water partition coefficient (Wildman–Crippen LogP) is -0.0203. The number of hydrogen-bond donors (Lipinski definition) is 0. The minimum atomic E-state index is -0.221. The first-order valence-corrected chi connectivity index (χ1v) is 19.2. The highest BCUT2D eigenvalue weighted by Crippen LogP contribution is 2.39. The Labute approximate surface area is 353 Å². The maximum atomic E-state index is 12.4. The highest BCUT2D eigenvalue weighted by Gasteiger charge is 2.21. The van der Waals surface area contributed by atoms with Crippen LogP contribution in [0.25, 0.3) is 0 Å². The van der Waals surface area contributed by atoms with E-state index in [0.717, 1.165) is 38.7 Å².